The van der Waals surface area contributed by atoms with E-state index in [1.165, 1.54) is 0 Å². The van der Waals surface area contributed by atoms with E-state index in [-0.39, 0.29) is 31.9 Å². The van der Waals surface area contributed by atoms with E-state index in [1.54, 1.807) is 32.6 Å². The van der Waals surface area contributed by atoms with Crippen LogP contribution in [0.15, 0.2) is 54.6 Å². The van der Waals surface area contributed by atoms with Gasteiger partial charge in [0, 0.05) is 19.5 Å². The molecular formula is C36H53N3O6. The highest BCUT2D eigenvalue weighted by molar-refractivity contribution is 5.92. The molecule has 9 heteroatoms. The summed E-state index contributed by atoms with van der Waals surface area (Å²) >= 11 is 0. The molecule has 0 aromatic heterocycles. The maximum absolute atomic E-state index is 14.6. The van der Waals surface area contributed by atoms with Crippen LogP contribution in [0.1, 0.15) is 103 Å². The molecule has 248 valence electrons. The van der Waals surface area contributed by atoms with Gasteiger partial charge < -0.3 is 25.0 Å². The van der Waals surface area contributed by atoms with Crippen molar-refractivity contribution < 1.29 is 28.7 Å². The van der Waals surface area contributed by atoms with Gasteiger partial charge in [0.05, 0.1) is 13.0 Å². The number of nitrogens with zero attached hydrogens (tertiary/aromatic N) is 1. The van der Waals surface area contributed by atoms with E-state index in [0.29, 0.717) is 18.5 Å². The van der Waals surface area contributed by atoms with Crippen LogP contribution in [0, 0.1) is 0 Å². The molecule has 0 saturated heterocycles. The van der Waals surface area contributed by atoms with Crippen LogP contribution in [-0.2, 0) is 36.7 Å². The van der Waals surface area contributed by atoms with Gasteiger partial charge in [0.2, 0.25) is 11.8 Å². The van der Waals surface area contributed by atoms with Crippen LogP contribution >= 0.6 is 0 Å². The molecule has 0 aliphatic carbocycles. The summed E-state index contributed by atoms with van der Waals surface area (Å²) in [6, 6.07) is 15.1. The third kappa shape index (κ3) is 13.7. The fourth-order valence-electron chi connectivity index (χ4n) is 4.98. The fourth-order valence-corrected chi connectivity index (χ4v) is 4.98. The minimum atomic E-state index is -0.984. The van der Waals surface area contributed by atoms with Gasteiger partial charge in [-0.2, -0.15) is 0 Å². The number of nitrogens with one attached hydrogen (secondary N) is 2. The molecule has 3 amide bonds. The van der Waals surface area contributed by atoms with E-state index in [2.05, 4.69) is 24.5 Å². The molecule has 2 aromatic rings. The summed E-state index contributed by atoms with van der Waals surface area (Å²) in [6.07, 6.45) is 5.13. The van der Waals surface area contributed by atoms with Gasteiger partial charge >= 0.3 is 12.1 Å². The Bertz CT molecular complexity index is 1190. The quantitative estimate of drug-likeness (QED) is 0.149. The van der Waals surface area contributed by atoms with Gasteiger partial charge in [-0.25, -0.2) is 4.79 Å². The zero-order chi connectivity index (χ0) is 33.2. The lowest BCUT2D eigenvalue weighted by Gasteiger charge is -2.35. The van der Waals surface area contributed by atoms with Gasteiger partial charge in [0.15, 0.2) is 0 Å². The lowest BCUT2D eigenvalue weighted by Crippen LogP contribution is -2.54. The van der Waals surface area contributed by atoms with E-state index >= 15 is 0 Å². The maximum Gasteiger partial charge on any atom is 0.408 e. The molecule has 0 fully saturated rings. The molecule has 0 spiro atoms. The van der Waals surface area contributed by atoms with Crippen molar-refractivity contribution in [2.45, 2.75) is 111 Å². The molecule has 45 heavy (non-hydrogen) atoms. The zero-order valence-corrected chi connectivity index (χ0v) is 28.0. The van der Waals surface area contributed by atoms with Crippen LogP contribution in [0.3, 0.4) is 0 Å². The van der Waals surface area contributed by atoms with Gasteiger partial charge in [0.25, 0.3) is 0 Å². The number of carbonyl (C=O) groups is 4. The Hall–Kier alpha value is -3.88. The van der Waals surface area contributed by atoms with Crippen molar-refractivity contribution >= 4 is 23.9 Å². The molecule has 0 aliphatic rings. The summed E-state index contributed by atoms with van der Waals surface area (Å²) < 4.78 is 10.5. The lowest BCUT2D eigenvalue weighted by molar-refractivity contribution is -0.144. The second-order valence-electron chi connectivity index (χ2n) is 12.2. The monoisotopic (exact) mass is 623 g/mol. The van der Waals surface area contributed by atoms with Crippen LogP contribution in [0.2, 0.25) is 0 Å². The standard InChI is InChI=1S/C36H53N3O6/c1-7-10-11-12-16-25-39(34(42)30(26-28-17-14-13-15-18-28)38-35(43)45-36(4,5)6)32(29-21-19-27(8-2)20-22-29)33(41)37-24-23-31(40)44-9-3/h13-15,17-22,30,32H,7-12,16,23-26H2,1-6H3,(H,37,41)(H,38,43). The number of benzene rings is 2. The first-order chi connectivity index (χ1) is 21.5. The molecule has 0 saturated carbocycles. The Morgan fingerprint density at radius 1 is 0.844 bits per heavy atom. The summed E-state index contributed by atoms with van der Waals surface area (Å²) in [5.74, 6) is -1.19. The average Bonchev–Trinajstić information content (AvgIpc) is 2.99. The molecule has 2 N–H and O–H groups in total. The predicted octanol–water partition coefficient (Wildman–Crippen LogP) is 6.29. The first-order valence-electron chi connectivity index (χ1n) is 16.3. The van der Waals surface area contributed by atoms with Crippen LogP contribution in [-0.4, -0.2) is 60.1 Å². The van der Waals surface area contributed by atoms with Crippen molar-refractivity contribution in [3.05, 3.63) is 71.3 Å². The summed E-state index contributed by atoms with van der Waals surface area (Å²) in [7, 11) is 0. The normalized spacial score (nSPS) is 12.5. The van der Waals surface area contributed by atoms with Gasteiger partial charge in [-0.15, -0.1) is 0 Å². The Balaban J connectivity index is 2.52. The van der Waals surface area contributed by atoms with E-state index in [4.69, 9.17) is 9.47 Å². The third-order valence-electron chi connectivity index (χ3n) is 7.25. The number of esters is 1. The summed E-state index contributed by atoms with van der Waals surface area (Å²) in [5, 5.41) is 5.66. The maximum atomic E-state index is 14.6. The Kier molecular flexibility index (Phi) is 16.2. The van der Waals surface area contributed by atoms with Crippen molar-refractivity contribution in [1.29, 1.82) is 0 Å². The van der Waals surface area contributed by atoms with Gasteiger partial charge in [-0.05, 0) is 57.2 Å². The van der Waals surface area contributed by atoms with Crippen molar-refractivity contribution in [1.82, 2.24) is 15.5 Å². The topological polar surface area (TPSA) is 114 Å². The molecule has 2 unspecified atom stereocenters. The van der Waals surface area contributed by atoms with E-state index < -0.39 is 35.7 Å². The molecule has 2 atom stereocenters. The van der Waals surface area contributed by atoms with E-state index in [1.807, 2.05) is 54.6 Å². The molecule has 2 rings (SSSR count). The Labute approximate surface area is 269 Å². The predicted molar refractivity (Wildman–Crippen MR) is 177 cm³/mol. The molecule has 0 heterocycles. The van der Waals surface area contributed by atoms with Crippen LogP contribution in [0.5, 0.6) is 0 Å². The van der Waals surface area contributed by atoms with Crippen LogP contribution in [0.4, 0.5) is 4.79 Å². The number of hydrogen-bond acceptors (Lipinski definition) is 6. The second-order valence-corrected chi connectivity index (χ2v) is 12.2. The van der Waals surface area contributed by atoms with Crippen molar-refractivity contribution in [3.63, 3.8) is 0 Å². The average molecular weight is 624 g/mol. The number of alkyl carbamates (subject to hydrolysis) is 1. The zero-order valence-electron chi connectivity index (χ0n) is 28.0. The fraction of sp³-hybridized carbons (Fsp3) is 0.556. The molecule has 0 aliphatic heterocycles. The highest BCUT2D eigenvalue weighted by Crippen LogP contribution is 2.25. The first-order valence-corrected chi connectivity index (χ1v) is 16.3. The summed E-state index contributed by atoms with van der Waals surface area (Å²) in [4.78, 5) is 55.1. The largest absolute Gasteiger partial charge is 0.466 e. The highest BCUT2D eigenvalue weighted by Gasteiger charge is 2.36. The first kappa shape index (κ1) is 37.3. The van der Waals surface area contributed by atoms with Gasteiger partial charge in [-0.3, -0.25) is 14.4 Å². The SMILES string of the molecule is CCCCCCCN(C(=O)C(Cc1ccccc1)NC(=O)OC(C)(C)C)C(C(=O)NCCC(=O)OCC)c1ccc(CC)cc1. The van der Waals surface area contributed by atoms with Gasteiger partial charge in [0.1, 0.15) is 17.7 Å². The Morgan fingerprint density at radius 2 is 1.51 bits per heavy atom. The lowest BCUT2D eigenvalue weighted by atomic mass is 9.98. The molecule has 0 radical (unpaired) electrons. The molecule has 2 aromatic carbocycles. The number of rotatable bonds is 18. The molecular weight excluding hydrogens is 570 g/mol. The van der Waals surface area contributed by atoms with Crippen molar-refractivity contribution in [2.75, 3.05) is 19.7 Å². The minimum Gasteiger partial charge on any atom is -0.466 e. The molecule has 0 bridgehead atoms. The number of ether oxygens (including phenoxy) is 2. The van der Waals surface area contributed by atoms with E-state index in [9.17, 15) is 19.2 Å². The third-order valence-corrected chi connectivity index (χ3v) is 7.25. The smallest absolute Gasteiger partial charge is 0.408 e. The summed E-state index contributed by atoms with van der Waals surface area (Å²) in [5.41, 5.74) is 1.85. The van der Waals surface area contributed by atoms with Crippen LogP contribution in [0.25, 0.3) is 0 Å². The second kappa shape index (κ2) is 19.5. The number of unbranched alkanes of at least 4 members (excludes halogenated alkanes) is 4. The van der Waals surface area contributed by atoms with Gasteiger partial charge in [-0.1, -0.05) is 94.1 Å². The molecule has 9 nitrogen and oxygen atoms in total. The number of carbonyl (C=O) groups excluding carboxylic acids is 4. The highest BCUT2D eigenvalue weighted by atomic mass is 16.6. The number of amides is 3. The number of aryl methyl sites for hydroxylation is 1. The number of hydrogen-bond donors (Lipinski definition) is 2. The van der Waals surface area contributed by atoms with Crippen molar-refractivity contribution in [3.8, 4) is 0 Å². The van der Waals surface area contributed by atoms with E-state index in [0.717, 1.165) is 43.2 Å². The Morgan fingerprint density at radius 3 is 2.11 bits per heavy atom. The summed E-state index contributed by atoms with van der Waals surface area (Å²) in [6.45, 7) is 11.9. The van der Waals surface area contributed by atoms with Crippen molar-refractivity contribution in [2.24, 2.45) is 0 Å². The van der Waals surface area contributed by atoms with Crippen LogP contribution < -0.4 is 10.6 Å². The minimum absolute atomic E-state index is 0.0167.